The van der Waals surface area contributed by atoms with E-state index in [-0.39, 0.29) is 18.0 Å². The van der Waals surface area contributed by atoms with E-state index in [1.54, 1.807) is 13.1 Å². The number of nitrogens with zero attached hydrogens (tertiary/aromatic N) is 3. The molecule has 0 radical (unpaired) electrons. The van der Waals surface area contributed by atoms with E-state index in [4.69, 9.17) is 4.74 Å². The number of thiophene rings is 1. The molecule has 0 unspecified atom stereocenters. The highest BCUT2D eigenvalue weighted by Crippen LogP contribution is 2.21. The summed E-state index contributed by atoms with van der Waals surface area (Å²) in [5, 5.41) is 3.29. The van der Waals surface area contributed by atoms with Gasteiger partial charge in [0.15, 0.2) is 0 Å². The van der Waals surface area contributed by atoms with Crippen LogP contribution in [0.2, 0.25) is 0 Å². The molecule has 1 saturated heterocycles. The molecule has 9 heteroatoms. The van der Waals surface area contributed by atoms with Gasteiger partial charge in [-0.3, -0.25) is 23.6 Å². The van der Waals surface area contributed by atoms with Crippen LogP contribution in [0, 0.1) is 0 Å². The van der Waals surface area contributed by atoms with Gasteiger partial charge in [0.25, 0.3) is 11.5 Å². The van der Waals surface area contributed by atoms with Gasteiger partial charge in [-0.15, -0.1) is 11.3 Å². The number of fused-ring (bicyclic) bond motifs is 1. The molecule has 1 N–H and O–H groups in total. The lowest BCUT2D eigenvalue weighted by molar-refractivity contribution is 0.0383. The minimum absolute atomic E-state index is 0.194. The molecular formula is C21H24N4O4S. The van der Waals surface area contributed by atoms with Crippen LogP contribution in [-0.4, -0.2) is 59.3 Å². The van der Waals surface area contributed by atoms with Crippen LogP contribution in [0.5, 0.6) is 0 Å². The lowest BCUT2D eigenvalue weighted by Crippen LogP contribution is -2.41. The van der Waals surface area contributed by atoms with Gasteiger partial charge in [0.2, 0.25) is 0 Å². The Hall–Kier alpha value is -2.75. The van der Waals surface area contributed by atoms with Crippen LogP contribution in [0.1, 0.15) is 15.2 Å². The van der Waals surface area contributed by atoms with Gasteiger partial charge in [-0.2, -0.15) is 0 Å². The number of aryl methyl sites for hydroxylation is 1. The first-order valence-electron chi connectivity index (χ1n) is 9.90. The number of nitrogens with one attached hydrogen (secondary N) is 1. The molecule has 0 aliphatic carbocycles. The van der Waals surface area contributed by atoms with Crippen molar-refractivity contribution in [3.05, 3.63) is 67.7 Å². The number of hydrogen-bond donors (Lipinski definition) is 1. The summed E-state index contributed by atoms with van der Waals surface area (Å²) >= 11 is 1.17. The van der Waals surface area contributed by atoms with E-state index in [0.717, 1.165) is 25.2 Å². The van der Waals surface area contributed by atoms with E-state index in [2.05, 4.69) is 10.2 Å². The van der Waals surface area contributed by atoms with E-state index in [9.17, 15) is 14.4 Å². The summed E-state index contributed by atoms with van der Waals surface area (Å²) in [5.74, 6) is -0.231. The highest BCUT2D eigenvalue weighted by Gasteiger charge is 2.18. The largest absolute Gasteiger partial charge is 0.379 e. The molecule has 0 saturated carbocycles. The highest BCUT2D eigenvalue weighted by atomic mass is 32.1. The summed E-state index contributed by atoms with van der Waals surface area (Å²) in [6.45, 7) is 4.62. The molecule has 1 aliphatic heterocycles. The molecule has 30 heavy (non-hydrogen) atoms. The maximum absolute atomic E-state index is 13.0. The van der Waals surface area contributed by atoms with Crippen LogP contribution in [0.4, 0.5) is 0 Å². The molecule has 0 atom stereocenters. The molecule has 3 heterocycles. The number of benzene rings is 1. The molecule has 8 nitrogen and oxygen atoms in total. The Morgan fingerprint density at radius 2 is 1.90 bits per heavy atom. The Balaban J connectivity index is 1.55. The second kappa shape index (κ2) is 8.95. The number of morpholine rings is 1. The summed E-state index contributed by atoms with van der Waals surface area (Å²) in [4.78, 5) is 41.5. The third kappa shape index (κ3) is 4.23. The van der Waals surface area contributed by atoms with Gasteiger partial charge in [-0.1, -0.05) is 30.3 Å². The summed E-state index contributed by atoms with van der Waals surface area (Å²) in [6, 6.07) is 11.0. The molecule has 0 bridgehead atoms. The van der Waals surface area contributed by atoms with Crippen LogP contribution in [0.25, 0.3) is 10.2 Å². The van der Waals surface area contributed by atoms with Crippen molar-refractivity contribution in [2.75, 3.05) is 39.4 Å². The first-order valence-corrected chi connectivity index (χ1v) is 10.7. The van der Waals surface area contributed by atoms with Crippen LogP contribution < -0.4 is 16.6 Å². The average molecular weight is 429 g/mol. The van der Waals surface area contributed by atoms with Crippen molar-refractivity contribution in [2.45, 2.75) is 6.54 Å². The van der Waals surface area contributed by atoms with Gasteiger partial charge in [-0.05, 0) is 11.6 Å². The van der Waals surface area contributed by atoms with E-state index in [1.165, 1.54) is 20.5 Å². The standard InChI is InChI=1S/C21H24N4O4S/c1-23-20-16(19(27)25(21(23)28)14-15-5-3-2-4-6-15)13-17(30-20)18(26)22-7-8-24-9-11-29-12-10-24/h2-6,13H,7-12,14H2,1H3,(H,22,26). The predicted octanol–water partition coefficient (Wildman–Crippen LogP) is 0.872. The van der Waals surface area contributed by atoms with Gasteiger partial charge in [-0.25, -0.2) is 4.79 Å². The number of carbonyl (C=O) groups is 1. The maximum atomic E-state index is 13.0. The Kier molecular flexibility index (Phi) is 6.12. The third-order valence-electron chi connectivity index (χ3n) is 5.24. The van der Waals surface area contributed by atoms with Gasteiger partial charge in [0.1, 0.15) is 4.83 Å². The van der Waals surface area contributed by atoms with Gasteiger partial charge >= 0.3 is 5.69 Å². The Bertz CT molecular complexity index is 1160. The second-order valence-electron chi connectivity index (χ2n) is 7.26. The monoisotopic (exact) mass is 428 g/mol. The minimum atomic E-state index is -0.391. The van der Waals surface area contributed by atoms with Gasteiger partial charge in [0, 0.05) is 33.2 Å². The quantitative estimate of drug-likeness (QED) is 0.630. The first-order chi connectivity index (χ1) is 14.5. The number of aromatic nitrogens is 2. The number of rotatable bonds is 6. The Labute approximate surface area is 177 Å². The van der Waals surface area contributed by atoms with Crippen molar-refractivity contribution in [2.24, 2.45) is 7.05 Å². The van der Waals surface area contributed by atoms with Crippen molar-refractivity contribution in [1.29, 1.82) is 0 Å². The first kappa shape index (κ1) is 20.5. The molecule has 1 aromatic carbocycles. The highest BCUT2D eigenvalue weighted by molar-refractivity contribution is 7.20. The number of carbonyl (C=O) groups excluding carboxylic acids is 1. The molecule has 158 valence electrons. The third-order valence-corrected chi connectivity index (χ3v) is 6.45. The molecule has 2 aromatic heterocycles. The molecule has 3 aromatic rings. The van der Waals surface area contributed by atoms with E-state index in [0.29, 0.717) is 34.9 Å². The maximum Gasteiger partial charge on any atom is 0.332 e. The topological polar surface area (TPSA) is 85.6 Å². The summed E-state index contributed by atoms with van der Waals surface area (Å²) in [5.41, 5.74) is 0.102. The molecule has 1 aliphatic rings. The van der Waals surface area contributed by atoms with Crippen molar-refractivity contribution < 1.29 is 9.53 Å². The zero-order valence-corrected chi connectivity index (χ0v) is 17.6. The minimum Gasteiger partial charge on any atom is -0.379 e. The molecule has 1 amide bonds. The number of hydrogen-bond acceptors (Lipinski definition) is 6. The van der Waals surface area contributed by atoms with E-state index < -0.39 is 5.69 Å². The smallest absolute Gasteiger partial charge is 0.332 e. The van der Waals surface area contributed by atoms with Gasteiger partial charge < -0.3 is 10.1 Å². The molecule has 4 rings (SSSR count). The Morgan fingerprint density at radius 3 is 2.63 bits per heavy atom. The van der Waals surface area contributed by atoms with Crippen molar-refractivity contribution in [1.82, 2.24) is 19.4 Å². The summed E-state index contributed by atoms with van der Waals surface area (Å²) < 4.78 is 7.97. The predicted molar refractivity (Wildman–Crippen MR) is 116 cm³/mol. The van der Waals surface area contributed by atoms with E-state index >= 15 is 0 Å². The van der Waals surface area contributed by atoms with Crippen molar-refractivity contribution in [3.8, 4) is 0 Å². The zero-order valence-electron chi connectivity index (χ0n) is 16.8. The lowest BCUT2D eigenvalue weighted by atomic mass is 10.2. The van der Waals surface area contributed by atoms with Crippen molar-refractivity contribution >= 4 is 27.5 Å². The number of amides is 1. The molecular weight excluding hydrogens is 404 g/mol. The summed E-state index contributed by atoms with van der Waals surface area (Å²) in [6.07, 6.45) is 0. The fraction of sp³-hybridized carbons (Fsp3) is 0.381. The average Bonchev–Trinajstić information content (AvgIpc) is 3.23. The summed E-state index contributed by atoms with van der Waals surface area (Å²) in [7, 11) is 1.63. The van der Waals surface area contributed by atoms with Gasteiger partial charge in [0.05, 0.1) is 30.0 Å². The SMILES string of the molecule is Cn1c(=O)n(Cc2ccccc2)c(=O)c2cc(C(=O)NCCN3CCOCC3)sc21. The van der Waals surface area contributed by atoms with Crippen molar-refractivity contribution in [3.63, 3.8) is 0 Å². The Morgan fingerprint density at radius 1 is 1.17 bits per heavy atom. The fourth-order valence-corrected chi connectivity index (χ4v) is 4.56. The van der Waals surface area contributed by atoms with Crippen LogP contribution in [0.3, 0.4) is 0 Å². The second-order valence-corrected chi connectivity index (χ2v) is 8.29. The molecule has 0 spiro atoms. The lowest BCUT2D eigenvalue weighted by Gasteiger charge is -2.26. The van der Waals surface area contributed by atoms with Crippen LogP contribution in [-0.2, 0) is 18.3 Å². The van der Waals surface area contributed by atoms with E-state index in [1.807, 2.05) is 30.3 Å². The zero-order chi connectivity index (χ0) is 21.1. The van der Waals surface area contributed by atoms with Crippen LogP contribution >= 0.6 is 11.3 Å². The number of ether oxygens (including phenoxy) is 1. The normalized spacial score (nSPS) is 14.8. The molecule has 1 fully saturated rings. The fourth-order valence-electron chi connectivity index (χ4n) is 3.54. The van der Waals surface area contributed by atoms with Crippen LogP contribution in [0.15, 0.2) is 46.0 Å².